The van der Waals surface area contributed by atoms with Gasteiger partial charge in [0, 0.05) is 19.0 Å². The Morgan fingerprint density at radius 1 is 1.19 bits per heavy atom. The number of carbonyl (C=O) groups excluding carboxylic acids is 2. The van der Waals surface area contributed by atoms with Crippen molar-refractivity contribution >= 4 is 34.3 Å². The Balaban J connectivity index is 1.30. The third kappa shape index (κ3) is 3.48. The first-order chi connectivity index (χ1) is 12.7. The molecule has 26 heavy (non-hydrogen) atoms. The van der Waals surface area contributed by atoms with Crippen molar-refractivity contribution < 1.29 is 18.7 Å². The molecule has 3 heterocycles. The third-order valence-corrected chi connectivity index (χ3v) is 5.41. The lowest BCUT2D eigenvalue weighted by Crippen LogP contribution is -2.40. The fraction of sp³-hybridized carbons (Fsp3) is 0.316. The van der Waals surface area contributed by atoms with Crippen LogP contribution in [-0.2, 0) is 9.53 Å². The van der Waals surface area contributed by atoms with Crippen LogP contribution in [0.1, 0.15) is 34.3 Å². The zero-order valence-corrected chi connectivity index (χ0v) is 14.9. The Labute approximate surface area is 154 Å². The maximum Gasteiger partial charge on any atom is 0.348 e. The van der Waals surface area contributed by atoms with E-state index in [0.29, 0.717) is 18.0 Å². The van der Waals surface area contributed by atoms with Crippen LogP contribution < -0.4 is 0 Å². The maximum absolute atomic E-state index is 12.3. The highest BCUT2D eigenvalue weighted by Gasteiger charge is 2.27. The number of amides is 1. The lowest BCUT2D eigenvalue weighted by atomic mass is 9.97. The Morgan fingerprint density at radius 3 is 2.73 bits per heavy atom. The number of esters is 1. The molecule has 4 rings (SSSR count). The van der Waals surface area contributed by atoms with Crippen LogP contribution >= 0.6 is 11.3 Å². The lowest BCUT2D eigenvalue weighted by Gasteiger charge is -2.30. The number of likely N-dealkylation sites (tertiary alicyclic amines) is 1. The van der Waals surface area contributed by atoms with Gasteiger partial charge in [-0.2, -0.15) is 0 Å². The van der Waals surface area contributed by atoms with Gasteiger partial charge in [-0.05, 0) is 36.4 Å². The van der Waals surface area contributed by atoms with Gasteiger partial charge in [0.05, 0.1) is 0 Å². The summed E-state index contributed by atoms with van der Waals surface area (Å²) in [5, 5.41) is 1.80. The number of benzene rings is 1. The molecule has 0 saturated carbocycles. The van der Waals surface area contributed by atoms with E-state index in [0.717, 1.165) is 29.8 Å². The molecule has 1 aliphatic rings. The number of rotatable bonds is 4. The van der Waals surface area contributed by atoms with E-state index in [4.69, 9.17) is 9.15 Å². The minimum atomic E-state index is -0.449. The molecule has 2 aromatic heterocycles. The summed E-state index contributed by atoms with van der Waals surface area (Å²) in [6.07, 6.45) is 1.58. The van der Waals surface area contributed by atoms with Gasteiger partial charge in [0.15, 0.2) is 18.1 Å². The summed E-state index contributed by atoms with van der Waals surface area (Å²) in [6.45, 7) is 1.00. The molecule has 0 bridgehead atoms. The molecular formula is C19H18N2O4S. The van der Waals surface area contributed by atoms with Crippen LogP contribution in [0.4, 0.5) is 0 Å². The number of aromatic nitrogens is 1. The molecule has 0 N–H and O–H groups in total. The van der Waals surface area contributed by atoms with Gasteiger partial charge in [-0.15, -0.1) is 11.3 Å². The van der Waals surface area contributed by atoms with Crippen molar-refractivity contribution in [3.8, 4) is 0 Å². The highest BCUT2D eigenvalue weighted by Crippen LogP contribution is 2.29. The van der Waals surface area contributed by atoms with E-state index >= 15 is 0 Å². The van der Waals surface area contributed by atoms with Gasteiger partial charge in [-0.25, -0.2) is 9.78 Å². The smallest absolute Gasteiger partial charge is 0.348 e. The van der Waals surface area contributed by atoms with Crippen molar-refractivity contribution in [1.82, 2.24) is 9.88 Å². The molecule has 1 aliphatic heterocycles. The van der Waals surface area contributed by atoms with E-state index in [9.17, 15) is 9.59 Å². The first-order valence-electron chi connectivity index (χ1n) is 8.54. The van der Waals surface area contributed by atoms with Crippen LogP contribution in [-0.4, -0.2) is 41.5 Å². The number of piperidine rings is 1. The van der Waals surface area contributed by atoms with Crippen molar-refractivity contribution in [3.63, 3.8) is 0 Å². The number of nitrogens with zero attached hydrogens (tertiary/aromatic N) is 2. The number of fused-ring (bicyclic) bond motifs is 1. The molecule has 134 valence electrons. The van der Waals surface area contributed by atoms with Crippen molar-refractivity contribution in [2.75, 3.05) is 19.7 Å². The maximum atomic E-state index is 12.3. The molecule has 3 aromatic rings. The van der Waals surface area contributed by atoms with Crippen LogP contribution in [0.5, 0.6) is 0 Å². The summed E-state index contributed by atoms with van der Waals surface area (Å²) in [5.74, 6) is 0.336. The SMILES string of the molecule is O=C(OCC(=O)N1CCC(c2nc3ccccc3o2)CC1)c1cccs1. The second-order valence-electron chi connectivity index (χ2n) is 6.23. The van der Waals surface area contributed by atoms with Crippen molar-refractivity contribution in [2.24, 2.45) is 0 Å². The molecule has 1 saturated heterocycles. The minimum Gasteiger partial charge on any atom is -0.451 e. The number of carbonyl (C=O) groups is 2. The highest BCUT2D eigenvalue weighted by atomic mass is 32.1. The van der Waals surface area contributed by atoms with E-state index in [1.165, 1.54) is 11.3 Å². The largest absolute Gasteiger partial charge is 0.451 e. The number of oxazole rings is 1. The van der Waals surface area contributed by atoms with E-state index in [-0.39, 0.29) is 18.4 Å². The first-order valence-corrected chi connectivity index (χ1v) is 9.42. The van der Waals surface area contributed by atoms with E-state index in [1.54, 1.807) is 22.4 Å². The number of para-hydroxylation sites is 2. The molecule has 6 nitrogen and oxygen atoms in total. The van der Waals surface area contributed by atoms with Crippen LogP contribution in [0.3, 0.4) is 0 Å². The fourth-order valence-electron chi connectivity index (χ4n) is 3.12. The van der Waals surface area contributed by atoms with Crippen LogP contribution in [0.15, 0.2) is 46.2 Å². The zero-order valence-electron chi connectivity index (χ0n) is 14.1. The van der Waals surface area contributed by atoms with E-state index < -0.39 is 5.97 Å². The van der Waals surface area contributed by atoms with E-state index in [1.807, 2.05) is 24.3 Å². The lowest BCUT2D eigenvalue weighted by molar-refractivity contribution is -0.135. The Morgan fingerprint density at radius 2 is 2.00 bits per heavy atom. The summed E-state index contributed by atoms with van der Waals surface area (Å²) < 4.78 is 10.9. The summed E-state index contributed by atoms with van der Waals surface area (Å²) in [5.41, 5.74) is 1.66. The van der Waals surface area contributed by atoms with Crippen LogP contribution in [0, 0.1) is 0 Å². The molecule has 0 unspecified atom stereocenters. The number of hydrogen-bond donors (Lipinski definition) is 0. The standard InChI is InChI=1S/C19H18N2O4S/c22-17(12-24-19(23)16-6-3-11-26-16)21-9-7-13(8-10-21)18-20-14-4-1-2-5-15(14)25-18/h1-6,11,13H,7-10,12H2. The molecular weight excluding hydrogens is 352 g/mol. The Bertz CT molecular complexity index is 878. The summed E-state index contributed by atoms with van der Waals surface area (Å²) in [4.78, 5) is 30.9. The predicted octanol–water partition coefficient (Wildman–Crippen LogP) is 3.45. The first kappa shape index (κ1) is 16.8. The van der Waals surface area contributed by atoms with E-state index in [2.05, 4.69) is 4.98 Å². The Kier molecular flexibility index (Phi) is 4.71. The van der Waals surface area contributed by atoms with Gasteiger partial charge < -0.3 is 14.1 Å². The monoisotopic (exact) mass is 370 g/mol. The summed E-state index contributed by atoms with van der Waals surface area (Å²) >= 11 is 1.30. The minimum absolute atomic E-state index is 0.161. The number of hydrogen-bond acceptors (Lipinski definition) is 6. The number of ether oxygens (including phenoxy) is 1. The molecule has 7 heteroatoms. The predicted molar refractivity (Wildman–Crippen MR) is 97.2 cm³/mol. The van der Waals surface area contributed by atoms with Crippen molar-refractivity contribution in [2.45, 2.75) is 18.8 Å². The topological polar surface area (TPSA) is 72.6 Å². The highest BCUT2D eigenvalue weighted by molar-refractivity contribution is 7.11. The average molecular weight is 370 g/mol. The summed E-state index contributed by atoms with van der Waals surface area (Å²) in [6, 6.07) is 11.2. The molecule has 0 spiro atoms. The van der Waals surface area contributed by atoms with Gasteiger partial charge in [0.1, 0.15) is 10.4 Å². The molecule has 0 aliphatic carbocycles. The van der Waals surface area contributed by atoms with Crippen LogP contribution in [0.2, 0.25) is 0 Å². The van der Waals surface area contributed by atoms with Gasteiger partial charge >= 0.3 is 5.97 Å². The summed E-state index contributed by atoms with van der Waals surface area (Å²) in [7, 11) is 0. The van der Waals surface area contributed by atoms with Gasteiger partial charge in [-0.3, -0.25) is 4.79 Å². The third-order valence-electron chi connectivity index (χ3n) is 4.56. The second kappa shape index (κ2) is 7.29. The number of thiophene rings is 1. The molecule has 1 amide bonds. The van der Waals surface area contributed by atoms with Gasteiger partial charge in [0.2, 0.25) is 0 Å². The fourth-order valence-corrected chi connectivity index (χ4v) is 3.74. The average Bonchev–Trinajstić information content (AvgIpc) is 3.35. The quantitative estimate of drug-likeness (QED) is 0.658. The van der Waals surface area contributed by atoms with Crippen LogP contribution in [0.25, 0.3) is 11.1 Å². The molecule has 1 fully saturated rings. The second-order valence-corrected chi connectivity index (χ2v) is 7.18. The molecule has 0 atom stereocenters. The zero-order chi connectivity index (χ0) is 17.9. The normalized spacial score (nSPS) is 15.3. The van der Waals surface area contributed by atoms with Gasteiger partial charge in [-0.1, -0.05) is 18.2 Å². The van der Waals surface area contributed by atoms with Gasteiger partial charge in [0.25, 0.3) is 5.91 Å². The molecule has 0 radical (unpaired) electrons. The van der Waals surface area contributed by atoms with Crippen molar-refractivity contribution in [3.05, 3.63) is 52.5 Å². The van der Waals surface area contributed by atoms with Crippen molar-refractivity contribution in [1.29, 1.82) is 0 Å². The Hall–Kier alpha value is -2.67. The molecule has 1 aromatic carbocycles.